The number of nitrogens with zero attached hydrogens (tertiary/aromatic N) is 2. The molecule has 1 aliphatic heterocycles. The first-order chi connectivity index (χ1) is 9.29. The maximum Gasteiger partial charge on any atom is 0.0719 e. The predicted molar refractivity (Wildman–Crippen MR) is 82.7 cm³/mol. The van der Waals surface area contributed by atoms with Gasteiger partial charge in [-0.2, -0.15) is 16.9 Å². The lowest BCUT2D eigenvalue weighted by Crippen LogP contribution is -2.36. The molecule has 0 aliphatic carbocycles. The van der Waals surface area contributed by atoms with Crippen LogP contribution in [-0.2, 0) is 13.5 Å². The number of hydrogen-bond acceptors (Lipinski definition) is 3. The molecule has 3 nitrogen and oxygen atoms in total. The lowest BCUT2D eigenvalue weighted by molar-refractivity contribution is 0.517. The third-order valence-corrected chi connectivity index (χ3v) is 5.55. The summed E-state index contributed by atoms with van der Waals surface area (Å²) < 4.78 is 2.00. The van der Waals surface area contributed by atoms with Gasteiger partial charge in [-0.1, -0.05) is 18.2 Å². The summed E-state index contributed by atoms with van der Waals surface area (Å²) in [6.07, 6.45) is 3.72. The third kappa shape index (κ3) is 2.51. The van der Waals surface area contributed by atoms with Crippen LogP contribution in [0, 0.1) is 0 Å². The van der Waals surface area contributed by atoms with Crippen LogP contribution in [-0.4, -0.2) is 33.9 Å². The van der Waals surface area contributed by atoms with Crippen LogP contribution < -0.4 is 5.32 Å². The number of para-hydroxylation sites is 1. The molecule has 2 heterocycles. The number of nitrogens with one attached hydrogen (secondary N) is 1. The quantitative estimate of drug-likeness (QED) is 0.930. The molecule has 0 spiro atoms. The van der Waals surface area contributed by atoms with Crippen molar-refractivity contribution in [2.75, 3.05) is 12.8 Å². The normalized spacial score (nSPS) is 21.1. The molecule has 2 unspecified atom stereocenters. The van der Waals surface area contributed by atoms with E-state index in [1.165, 1.54) is 35.2 Å². The molecule has 1 N–H and O–H groups in total. The minimum absolute atomic E-state index is 0.533. The van der Waals surface area contributed by atoms with Crippen molar-refractivity contribution in [3.63, 3.8) is 0 Å². The van der Waals surface area contributed by atoms with Gasteiger partial charge in [-0.15, -0.1) is 0 Å². The smallest absolute Gasteiger partial charge is 0.0719 e. The van der Waals surface area contributed by atoms with Crippen molar-refractivity contribution in [2.24, 2.45) is 7.05 Å². The number of fused-ring (bicyclic) bond motifs is 1. The van der Waals surface area contributed by atoms with E-state index < -0.39 is 0 Å². The van der Waals surface area contributed by atoms with Gasteiger partial charge in [-0.3, -0.25) is 4.68 Å². The molecule has 0 amide bonds. The van der Waals surface area contributed by atoms with Crippen molar-refractivity contribution in [3.05, 3.63) is 30.0 Å². The summed E-state index contributed by atoms with van der Waals surface area (Å²) in [5.74, 6) is 1.31. The van der Waals surface area contributed by atoms with E-state index in [2.05, 4.69) is 48.4 Å². The predicted octanol–water partition coefficient (Wildman–Crippen LogP) is 2.60. The topological polar surface area (TPSA) is 29.9 Å². The monoisotopic (exact) mass is 275 g/mol. The van der Waals surface area contributed by atoms with Crippen LogP contribution in [0.3, 0.4) is 0 Å². The number of hydrogen-bond donors (Lipinski definition) is 1. The zero-order valence-electron chi connectivity index (χ0n) is 11.6. The molecule has 2 aromatic rings. The van der Waals surface area contributed by atoms with Crippen LogP contribution in [0.1, 0.15) is 18.5 Å². The Bertz CT molecular complexity index is 558. The molecule has 1 aromatic heterocycles. The standard InChI is InChI=1S/C15H21N3S/c1-16-13(15-8-5-9-19-15)10-12-11-6-3-4-7-14(11)18(2)17-12/h3-4,6-7,13,15-16H,5,8-10H2,1-2H3. The van der Waals surface area contributed by atoms with Crippen molar-refractivity contribution in [3.8, 4) is 0 Å². The summed E-state index contributed by atoms with van der Waals surface area (Å²) in [5.41, 5.74) is 2.45. The summed E-state index contributed by atoms with van der Waals surface area (Å²) in [6.45, 7) is 0. The van der Waals surface area contributed by atoms with Gasteiger partial charge in [0.15, 0.2) is 0 Å². The van der Waals surface area contributed by atoms with E-state index >= 15 is 0 Å². The van der Waals surface area contributed by atoms with Crippen molar-refractivity contribution in [1.29, 1.82) is 0 Å². The summed E-state index contributed by atoms with van der Waals surface area (Å²) in [7, 11) is 4.11. The second-order valence-electron chi connectivity index (χ2n) is 5.24. The molecule has 1 aliphatic rings. The zero-order chi connectivity index (χ0) is 13.2. The second-order valence-corrected chi connectivity index (χ2v) is 6.59. The molecule has 1 saturated heterocycles. The Hall–Kier alpha value is -1.00. The Morgan fingerprint density at radius 2 is 2.32 bits per heavy atom. The van der Waals surface area contributed by atoms with Crippen molar-refractivity contribution >= 4 is 22.7 Å². The lowest BCUT2D eigenvalue weighted by atomic mass is 10.0. The third-order valence-electron chi connectivity index (χ3n) is 4.03. The molecule has 0 saturated carbocycles. The fraction of sp³-hybridized carbons (Fsp3) is 0.533. The van der Waals surface area contributed by atoms with Gasteiger partial charge in [0.05, 0.1) is 11.2 Å². The SMILES string of the molecule is CNC(Cc1nn(C)c2ccccc12)C1CCCS1. The molecule has 0 radical (unpaired) electrons. The van der Waals surface area contributed by atoms with Crippen LogP contribution in [0.2, 0.25) is 0 Å². The molecule has 4 heteroatoms. The first-order valence-electron chi connectivity index (χ1n) is 6.99. The van der Waals surface area contributed by atoms with E-state index in [0.717, 1.165) is 11.7 Å². The summed E-state index contributed by atoms with van der Waals surface area (Å²) in [5, 5.41) is 10.3. The molecule has 3 rings (SSSR count). The van der Waals surface area contributed by atoms with E-state index in [-0.39, 0.29) is 0 Å². The van der Waals surface area contributed by atoms with Crippen molar-refractivity contribution < 1.29 is 0 Å². The Labute approximate surface area is 118 Å². The molecular formula is C15H21N3S. The minimum Gasteiger partial charge on any atom is -0.316 e. The van der Waals surface area contributed by atoms with Gasteiger partial charge < -0.3 is 5.32 Å². The highest BCUT2D eigenvalue weighted by Crippen LogP contribution is 2.30. The van der Waals surface area contributed by atoms with Crippen molar-refractivity contribution in [2.45, 2.75) is 30.6 Å². The first-order valence-corrected chi connectivity index (χ1v) is 8.04. The zero-order valence-corrected chi connectivity index (χ0v) is 12.4. The average molecular weight is 275 g/mol. The van der Waals surface area contributed by atoms with E-state index in [1.54, 1.807) is 0 Å². The molecule has 19 heavy (non-hydrogen) atoms. The van der Waals surface area contributed by atoms with Gasteiger partial charge >= 0.3 is 0 Å². The fourth-order valence-corrected chi connectivity index (χ4v) is 4.42. The maximum absolute atomic E-state index is 4.72. The summed E-state index contributed by atoms with van der Waals surface area (Å²) in [6, 6.07) is 9.05. The fourth-order valence-electron chi connectivity index (χ4n) is 2.99. The number of benzene rings is 1. The Morgan fingerprint density at radius 3 is 3.05 bits per heavy atom. The highest BCUT2D eigenvalue weighted by molar-refractivity contribution is 8.00. The van der Waals surface area contributed by atoms with E-state index in [4.69, 9.17) is 5.10 Å². The van der Waals surface area contributed by atoms with Crippen LogP contribution in [0.4, 0.5) is 0 Å². The van der Waals surface area contributed by atoms with Gasteiger partial charge in [0.25, 0.3) is 0 Å². The van der Waals surface area contributed by atoms with Gasteiger partial charge in [0.2, 0.25) is 0 Å². The molecular weight excluding hydrogens is 254 g/mol. The molecule has 0 bridgehead atoms. The summed E-state index contributed by atoms with van der Waals surface area (Å²) >= 11 is 2.11. The number of thioether (sulfide) groups is 1. The number of aryl methyl sites for hydroxylation is 1. The maximum atomic E-state index is 4.72. The van der Waals surface area contributed by atoms with E-state index in [0.29, 0.717) is 6.04 Å². The molecule has 2 atom stereocenters. The highest BCUT2D eigenvalue weighted by atomic mass is 32.2. The van der Waals surface area contributed by atoms with Crippen LogP contribution in [0.15, 0.2) is 24.3 Å². The van der Waals surface area contributed by atoms with Gasteiger partial charge in [-0.05, 0) is 31.7 Å². The number of likely N-dealkylation sites (N-methyl/N-ethyl adjacent to an activating group) is 1. The number of rotatable bonds is 4. The van der Waals surface area contributed by atoms with Crippen LogP contribution in [0.25, 0.3) is 10.9 Å². The Balaban J connectivity index is 1.87. The molecule has 102 valence electrons. The minimum atomic E-state index is 0.533. The van der Waals surface area contributed by atoms with Crippen LogP contribution in [0.5, 0.6) is 0 Å². The molecule has 1 fully saturated rings. The summed E-state index contributed by atoms with van der Waals surface area (Å²) in [4.78, 5) is 0. The van der Waals surface area contributed by atoms with Crippen molar-refractivity contribution in [1.82, 2.24) is 15.1 Å². The Kier molecular flexibility index (Phi) is 3.80. The van der Waals surface area contributed by atoms with Gasteiger partial charge in [0.1, 0.15) is 0 Å². The largest absolute Gasteiger partial charge is 0.316 e. The highest BCUT2D eigenvalue weighted by Gasteiger charge is 2.26. The van der Waals surface area contributed by atoms with Crippen LogP contribution >= 0.6 is 11.8 Å². The molecule has 1 aromatic carbocycles. The second kappa shape index (κ2) is 5.55. The Morgan fingerprint density at radius 1 is 1.47 bits per heavy atom. The first kappa shape index (κ1) is 13.0. The van der Waals surface area contributed by atoms with Gasteiger partial charge in [-0.25, -0.2) is 0 Å². The lowest BCUT2D eigenvalue weighted by Gasteiger charge is -2.21. The van der Waals surface area contributed by atoms with E-state index in [1.807, 2.05) is 11.7 Å². The van der Waals surface area contributed by atoms with E-state index in [9.17, 15) is 0 Å². The number of aromatic nitrogens is 2. The van der Waals surface area contributed by atoms with Gasteiger partial charge in [0, 0.05) is 30.1 Å². The average Bonchev–Trinajstić information content (AvgIpc) is 3.06.